The van der Waals surface area contributed by atoms with Crippen LogP contribution in [0.3, 0.4) is 0 Å². The van der Waals surface area contributed by atoms with Gasteiger partial charge in [-0.05, 0) is 12.1 Å². The van der Waals surface area contributed by atoms with Crippen molar-refractivity contribution >= 4 is 17.6 Å². The smallest absolute Gasteiger partial charge is 0.196 e. The molecule has 0 saturated heterocycles. The molecule has 1 aromatic carbocycles. The lowest BCUT2D eigenvalue weighted by atomic mass is 10.3. The van der Waals surface area contributed by atoms with E-state index in [1.807, 2.05) is 0 Å². The number of hydrazine groups is 1. The predicted molar refractivity (Wildman–Crippen MR) is 59.9 cm³/mol. The normalized spacial score (nSPS) is 20.8. The SMILES string of the molecule is NC1C(=NNc2ccc(F)c(F)c2F)C=NN1N. The van der Waals surface area contributed by atoms with E-state index in [2.05, 4.69) is 15.6 Å². The number of hydrogen-bond acceptors (Lipinski definition) is 6. The highest BCUT2D eigenvalue weighted by atomic mass is 19.2. The Kier molecular flexibility index (Phi) is 3.17. The number of rotatable bonds is 2. The van der Waals surface area contributed by atoms with Crippen LogP contribution in [0, 0.1) is 17.5 Å². The van der Waals surface area contributed by atoms with Gasteiger partial charge in [0.05, 0.1) is 11.9 Å². The van der Waals surface area contributed by atoms with Crippen LogP contribution in [0.4, 0.5) is 18.9 Å². The Morgan fingerprint density at radius 1 is 1.28 bits per heavy atom. The van der Waals surface area contributed by atoms with E-state index >= 15 is 0 Å². The van der Waals surface area contributed by atoms with Gasteiger partial charge in [-0.15, -0.1) is 0 Å². The van der Waals surface area contributed by atoms with Crippen molar-refractivity contribution in [3.05, 3.63) is 29.6 Å². The zero-order chi connectivity index (χ0) is 13.3. The van der Waals surface area contributed by atoms with Gasteiger partial charge in [0.25, 0.3) is 0 Å². The molecule has 6 nitrogen and oxygen atoms in total. The third kappa shape index (κ3) is 2.13. The molecule has 2 rings (SSSR count). The second-order valence-corrected chi connectivity index (χ2v) is 3.44. The second-order valence-electron chi connectivity index (χ2n) is 3.44. The van der Waals surface area contributed by atoms with Crippen LogP contribution in [0.2, 0.25) is 0 Å². The van der Waals surface area contributed by atoms with Crippen LogP contribution in [-0.4, -0.2) is 23.2 Å². The number of nitrogens with zero attached hydrogens (tertiary/aromatic N) is 3. The highest BCUT2D eigenvalue weighted by molar-refractivity contribution is 6.34. The molecule has 1 unspecified atom stereocenters. The zero-order valence-corrected chi connectivity index (χ0v) is 8.94. The minimum atomic E-state index is -1.58. The Morgan fingerprint density at radius 2 is 2.00 bits per heavy atom. The van der Waals surface area contributed by atoms with Gasteiger partial charge in [0.15, 0.2) is 23.6 Å². The molecule has 0 aromatic heterocycles. The first-order valence-corrected chi connectivity index (χ1v) is 4.81. The van der Waals surface area contributed by atoms with Crippen LogP contribution in [0.1, 0.15) is 0 Å². The van der Waals surface area contributed by atoms with Crippen LogP contribution in [0.25, 0.3) is 0 Å². The molecule has 9 heteroatoms. The third-order valence-corrected chi connectivity index (χ3v) is 2.25. The Balaban J connectivity index is 2.19. The summed E-state index contributed by atoms with van der Waals surface area (Å²) in [7, 11) is 0. The van der Waals surface area contributed by atoms with Gasteiger partial charge >= 0.3 is 0 Å². The Hall–Kier alpha value is -2.13. The molecular formula is C9H9F3N6. The average Bonchev–Trinajstić information content (AvgIpc) is 2.67. The molecule has 96 valence electrons. The van der Waals surface area contributed by atoms with E-state index in [-0.39, 0.29) is 11.4 Å². The first kappa shape index (κ1) is 12.3. The lowest BCUT2D eigenvalue weighted by Crippen LogP contribution is -2.44. The third-order valence-electron chi connectivity index (χ3n) is 2.25. The number of nitrogens with two attached hydrogens (primary N) is 2. The van der Waals surface area contributed by atoms with Gasteiger partial charge in [-0.25, -0.2) is 24.1 Å². The second kappa shape index (κ2) is 4.63. The summed E-state index contributed by atoms with van der Waals surface area (Å²) in [6.07, 6.45) is 0.473. The van der Waals surface area contributed by atoms with Crippen molar-refractivity contribution in [2.24, 2.45) is 21.8 Å². The van der Waals surface area contributed by atoms with E-state index in [0.29, 0.717) is 0 Å². The van der Waals surface area contributed by atoms with Gasteiger partial charge in [0, 0.05) is 0 Å². The lowest BCUT2D eigenvalue weighted by Gasteiger charge is -2.12. The standard InChI is InChI=1S/C9H9F3N6/c10-4-1-2-5(8(12)7(4)11)16-17-6-3-15-18(14)9(6)13/h1-3,9,16H,13-14H2. The summed E-state index contributed by atoms with van der Waals surface area (Å²) < 4.78 is 38.8. The molecule has 0 bridgehead atoms. The van der Waals surface area contributed by atoms with E-state index in [0.717, 1.165) is 17.3 Å². The van der Waals surface area contributed by atoms with Crippen molar-refractivity contribution in [2.75, 3.05) is 5.43 Å². The Morgan fingerprint density at radius 3 is 2.61 bits per heavy atom. The number of nitrogens with one attached hydrogen (secondary N) is 1. The van der Waals surface area contributed by atoms with Crippen LogP contribution in [0.15, 0.2) is 22.3 Å². The molecule has 0 aliphatic carbocycles. The van der Waals surface area contributed by atoms with E-state index < -0.39 is 23.6 Å². The molecule has 0 fully saturated rings. The van der Waals surface area contributed by atoms with Gasteiger partial charge < -0.3 is 5.73 Å². The van der Waals surface area contributed by atoms with Gasteiger partial charge in [-0.1, -0.05) is 0 Å². The minimum absolute atomic E-state index is 0.224. The molecule has 0 saturated carbocycles. The maximum Gasteiger partial charge on any atom is 0.196 e. The molecule has 1 aromatic rings. The largest absolute Gasteiger partial charge is 0.303 e. The molecule has 1 atom stereocenters. The predicted octanol–water partition coefficient (Wildman–Crippen LogP) is 0.332. The Bertz CT molecular complexity index is 529. The minimum Gasteiger partial charge on any atom is -0.303 e. The van der Waals surface area contributed by atoms with Crippen molar-refractivity contribution in [1.82, 2.24) is 5.12 Å². The molecule has 1 aliphatic rings. The van der Waals surface area contributed by atoms with Gasteiger partial charge in [-0.2, -0.15) is 10.2 Å². The number of hydrazone groups is 2. The maximum absolute atomic E-state index is 13.3. The summed E-state index contributed by atoms with van der Waals surface area (Å²) in [6, 6.07) is 1.79. The number of benzene rings is 1. The first-order valence-electron chi connectivity index (χ1n) is 4.81. The molecule has 1 heterocycles. The fourth-order valence-corrected chi connectivity index (χ4v) is 1.24. The number of hydrogen-bond donors (Lipinski definition) is 3. The molecular weight excluding hydrogens is 249 g/mol. The fourth-order valence-electron chi connectivity index (χ4n) is 1.24. The van der Waals surface area contributed by atoms with Crippen molar-refractivity contribution in [2.45, 2.75) is 6.17 Å². The van der Waals surface area contributed by atoms with Crippen LogP contribution in [-0.2, 0) is 0 Å². The molecule has 1 aliphatic heterocycles. The van der Waals surface area contributed by atoms with Gasteiger partial charge in [0.2, 0.25) is 0 Å². The van der Waals surface area contributed by atoms with Gasteiger partial charge in [0.1, 0.15) is 5.71 Å². The summed E-state index contributed by atoms with van der Waals surface area (Å²) in [5, 5.41) is 8.27. The van der Waals surface area contributed by atoms with E-state index in [4.69, 9.17) is 11.6 Å². The topological polar surface area (TPSA) is 92.0 Å². The maximum atomic E-state index is 13.3. The van der Waals surface area contributed by atoms with Gasteiger partial charge in [-0.3, -0.25) is 5.43 Å². The zero-order valence-electron chi connectivity index (χ0n) is 8.94. The summed E-state index contributed by atoms with van der Waals surface area (Å²) in [6.45, 7) is 0. The van der Waals surface area contributed by atoms with Crippen molar-refractivity contribution in [3.63, 3.8) is 0 Å². The quantitative estimate of drug-likeness (QED) is 0.405. The summed E-state index contributed by atoms with van der Waals surface area (Å²) in [4.78, 5) is 0. The summed E-state index contributed by atoms with van der Waals surface area (Å²) >= 11 is 0. The highest BCUT2D eigenvalue weighted by Crippen LogP contribution is 2.19. The molecule has 5 N–H and O–H groups in total. The van der Waals surface area contributed by atoms with Crippen molar-refractivity contribution in [3.8, 4) is 0 Å². The summed E-state index contributed by atoms with van der Waals surface area (Å²) in [5.41, 5.74) is 7.68. The number of halogens is 3. The highest BCUT2D eigenvalue weighted by Gasteiger charge is 2.21. The van der Waals surface area contributed by atoms with E-state index in [1.54, 1.807) is 0 Å². The number of anilines is 1. The van der Waals surface area contributed by atoms with E-state index in [1.165, 1.54) is 6.21 Å². The van der Waals surface area contributed by atoms with Crippen molar-refractivity contribution in [1.29, 1.82) is 0 Å². The van der Waals surface area contributed by atoms with Crippen molar-refractivity contribution < 1.29 is 13.2 Å². The van der Waals surface area contributed by atoms with Crippen LogP contribution < -0.4 is 17.0 Å². The Labute approximate surface area is 99.7 Å². The first-order chi connectivity index (χ1) is 8.50. The van der Waals surface area contributed by atoms with Crippen LogP contribution in [0.5, 0.6) is 0 Å². The average molecular weight is 258 g/mol. The monoisotopic (exact) mass is 258 g/mol. The lowest BCUT2D eigenvalue weighted by molar-refractivity contribution is 0.280. The molecule has 0 radical (unpaired) electrons. The van der Waals surface area contributed by atoms with E-state index in [9.17, 15) is 13.2 Å². The molecule has 0 amide bonds. The fraction of sp³-hybridized carbons (Fsp3) is 0.111. The molecule has 0 spiro atoms. The summed E-state index contributed by atoms with van der Waals surface area (Å²) in [5.74, 6) is 1.10. The molecule has 18 heavy (non-hydrogen) atoms. The van der Waals surface area contributed by atoms with Crippen LogP contribution >= 0.6 is 0 Å².